The van der Waals surface area contributed by atoms with Gasteiger partial charge in [0.15, 0.2) is 0 Å². The highest BCUT2D eigenvalue weighted by Gasteiger charge is 2.13. The van der Waals surface area contributed by atoms with E-state index in [2.05, 4.69) is 15.9 Å². The molecule has 0 heterocycles. The summed E-state index contributed by atoms with van der Waals surface area (Å²) in [6.45, 7) is 0. The molecule has 0 fully saturated rings. The first kappa shape index (κ1) is 14.8. The fraction of sp³-hybridized carbons (Fsp3) is 0.143. The highest BCUT2D eigenvalue weighted by Crippen LogP contribution is 2.27. The Hall–Kier alpha value is -0.610. The molecule has 0 spiro atoms. The molecule has 19 heavy (non-hydrogen) atoms. The summed E-state index contributed by atoms with van der Waals surface area (Å²) in [4.78, 5) is 0. The molecule has 1 nitrogen and oxygen atoms in total. The molecule has 0 radical (unpaired) electrons. The average Bonchev–Trinajstić information content (AvgIpc) is 2.32. The van der Waals surface area contributed by atoms with Crippen molar-refractivity contribution in [3.63, 3.8) is 0 Å². The molecule has 0 aliphatic rings. The SMILES string of the molecule is OC(Cc1cc(Cl)ccc1Cl)c1cc(F)cc(Br)c1. The Balaban J connectivity index is 2.25. The molecule has 1 unspecified atom stereocenters. The van der Waals surface area contributed by atoms with Crippen LogP contribution in [0.1, 0.15) is 17.2 Å². The first-order valence-electron chi connectivity index (χ1n) is 5.53. The molecular weight excluding hydrogens is 354 g/mol. The first-order valence-corrected chi connectivity index (χ1v) is 7.08. The van der Waals surface area contributed by atoms with Crippen LogP contribution in [-0.2, 0) is 6.42 Å². The van der Waals surface area contributed by atoms with Crippen molar-refractivity contribution in [3.05, 3.63) is 67.9 Å². The minimum absolute atomic E-state index is 0.273. The second-order valence-corrected chi connectivity index (χ2v) is 5.92. The van der Waals surface area contributed by atoms with Crippen LogP contribution in [0.2, 0.25) is 10.0 Å². The van der Waals surface area contributed by atoms with E-state index in [-0.39, 0.29) is 6.42 Å². The van der Waals surface area contributed by atoms with Gasteiger partial charge in [-0.3, -0.25) is 0 Å². The van der Waals surface area contributed by atoms with Gasteiger partial charge < -0.3 is 5.11 Å². The Bertz CT molecular complexity index is 584. The third-order valence-electron chi connectivity index (χ3n) is 2.69. The van der Waals surface area contributed by atoms with Crippen LogP contribution < -0.4 is 0 Å². The fourth-order valence-electron chi connectivity index (χ4n) is 1.79. The van der Waals surface area contributed by atoms with Crippen molar-refractivity contribution in [2.75, 3.05) is 0 Å². The summed E-state index contributed by atoms with van der Waals surface area (Å²) in [7, 11) is 0. The van der Waals surface area contributed by atoms with Crippen molar-refractivity contribution >= 4 is 39.1 Å². The molecular formula is C14H10BrCl2FO. The van der Waals surface area contributed by atoms with Gasteiger partial charge in [0.25, 0.3) is 0 Å². The highest BCUT2D eigenvalue weighted by atomic mass is 79.9. The molecule has 1 atom stereocenters. The zero-order valence-corrected chi connectivity index (χ0v) is 12.8. The predicted molar refractivity (Wildman–Crippen MR) is 79.2 cm³/mol. The van der Waals surface area contributed by atoms with Gasteiger partial charge in [0.1, 0.15) is 5.82 Å². The Morgan fingerprint density at radius 1 is 1.16 bits per heavy atom. The van der Waals surface area contributed by atoms with E-state index in [0.717, 1.165) is 5.56 Å². The van der Waals surface area contributed by atoms with Crippen LogP contribution in [-0.4, -0.2) is 5.11 Å². The number of rotatable bonds is 3. The second-order valence-electron chi connectivity index (χ2n) is 4.16. The predicted octanol–water partition coefficient (Wildman–Crippen LogP) is 5.17. The number of aliphatic hydroxyl groups is 1. The lowest BCUT2D eigenvalue weighted by Crippen LogP contribution is -2.03. The second kappa shape index (κ2) is 6.23. The lowest BCUT2D eigenvalue weighted by Gasteiger charge is -2.13. The van der Waals surface area contributed by atoms with Crippen LogP contribution in [0.15, 0.2) is 40.9 Å². The monoisotopic (exact) mass is 362 g/mol. The molecule has 0 aliphatic carbocycles. The molecule has 0 saturated carbocycles. The number of hydrogen-bond acceptors (Lipinski definition) is 1. The largest absolute Gasteiger partial charge is 0.388 e. The maximum absolute atomic E-state index is 13.3. The maximum atomic E-state index is 13.3. The van der Waals surface area contributed by atoms with E-state index in [9.17, 15) is 9.50 Å². The van der Waals surface area contributed by atoms with Crippen molar-refractivity contribution < 1.29 is 9.50 Å². The van der Waals surface area contributed by atoms with E-state index < -0.39 is 11.9 Å². The van der Waals surface area contributed by atoms with Crippen LogP contribution in [0.5, 0.6) is 0 Å². The lowest BCUT2D eigenvalue weighted by molar-refractivity contribution is 0.178. The van der Waals surface area contributed by atoms with Gasteiger partial charge in [-0.2, -0.15) is 0 Å². The van der Waals surface area contributed by atoms with Crippen LogP contribution in [0.25, 0.3) is 0 Å². The molecule has 0 aliphatic heterocycles. The first-order chi connectivity index (χ1) is 8.95. The zero-order valence-electron chi connectivity index (χ0n) is 9.71. The summed E-state index contributed by atoms with van der Waals surface area (Å²) in [6, 6.07) is 9.36. The van der Waals surface area contributed by atoms with Gasteiger partial charge in [-0.1, -0.05) is 39.1 Å². The number of hydrogen-bond donors (Lipinski definition) is 1. The van der Waals surface area contributed by atoms with Gasteiger partial charge >= 0.3 is 0 Å². The summed E-state index contributed by atoms with van der Waals surface area (Å²) in [5.74, 6) is -0.402. The zero-order chi connectivity index (χ0) is 14.0. The van der Waals surface area contributed by atoms with E-state index in [4.69, 9.17) is 23.2 Å². The van der Waals surface area contributed by atoms with Crippen molar-refractivity contribution in [1.29, 1.82) is 0 Å². The molecule has 2 aromatic carbocycles. The number of aliphatic hydroxyl groups excluding tert-OH is 1. The molecule has 2 rings (SSSR count). The quantitative estimate of drug-likeness (QED) is 0.797. The molecule has 0 bridgehead atoms. The van der Waals surface area contributed by atoms with E-state index in [0.29, 0.717) is 20.1 Å². The minimum atomic E-state index is -0.844. The van der Waals surface area contributed by atoms with Gasteiger partial charge in [0.05, 0.1) is 6.10 Å². The Labute approximate surface area is 129 Å². The third-order valence-corrected chi connectivity index (χ3v) is 3.75. The molecule has 0 saturated heterocycles. The van der Waals surface area contributed by atoms with Crippen LogP contribution in [0.3, 0.4) is 0 Å². The summed E-state index contributed by atoms with van der Waals surface area (Å²) >= 11 is 15.1. The van der Waals surface area contributed by atoms with Gasteiger partial charge in [-0.15, -0.1) is 0 Å². The van der Waals surface area contributed by atoms with Crippen molar-refractivity contribution in [2.24, 2.45) is 0 Å². The highest BCUT2D eigenvalue weighted by molar-refractivity contribution is 9.10. The van der Waals surface area contributed by atoms with Gasteiger partial charge in [-0.25, -0.2) is 4.39 Å². The molecule has 100 valence electrons. The Kier molecular flexibility index (Phi) is 4.85. The summed E-state index contributed by atoms with van der Waals surface area (Å²) in [6.07, 6.45) is -0.571. The molecule has 5 heteroatoms. The number of benzene rings is 2. The third kappa shape index (κ3) is 3.93. The standard InChI is InChI=1S/C14H10BrCl2FO/c15-10-3-9(5-12(18)7-10)14(19)6-8-4-11(16)1-2-13(8)17/h1-5,7,14,19H,6H2. The minimum Gasteiger partial charge on any atom is -0.388 e. The van der Waals surface area contributed by atoms with E-state index in [1.807, 2.05) is 0 Å². The maximum Gasteiger partial charge on any atom is 0.124 e. The summed E-state index contributed by atoms with van der Waals surface area (Å²) in [5, 5.41) is 11.2. The molecule has 2 aromatic rings. The van der Waals surface area contributed by atoms with E-state index >= 15 is 0 Å². The average molecular weight is 364 g/mol. The molecule has 1 N–H and O–H groups in total. The van der Waals surface area contributed by atoms with Gasteiger partial charge in [-0.05, 0) is 47.5 Å². The Morgan fingerprint density at radius 3 is 2.58 bits per heavy atom. The normalized spacial score (nSPS) is 12.5. The topological polar surface area (TPSA) is 20.2 Å². The molecule has 0 aromatic heterocycles. The summed E-state index contributed by atoms with van der Waals surface area (Å²) < 4.78 is 13.9. The Morgan fingerprint density at radius 2 is 1.89 bits per heavy atom. The number of halogens is 4. The van der Waals surface area contributed by atoms with Gasteiger partial charge in [0.2, 0.25) is 0 Å². The van der Waals surface area contributed by atoms with Crippen molar-refractivity contribution in [2.45, 2.75) is 12.5 Å². The van der Waals surface area contributed by atoms with Crippen LogP contribution in [0.4, 0.5) is 4.39 Å². The van der Waals surface area contributed by atoms with Crippen molar-refractivity contribution in [1.82, 2.24) is 0 Å². The fourth-order valence-corrected chi connectivity index (χ4v) is 2.67. The van der Waals surface area contributed by atoms with Crippen LogP contribution >= 0.6 is 39.1 Å². The van der Waals surface area contributed by atoms with Gasteiger partial charge in [0, 0.05) is 20.9 Å². The smallest absolute Gasteiger partial charge is 0.124 e. The summed E-state index contributed by atoms with van der Waals surface area (Å²) in [5.41, 5.74) is 1.21. The van der Waals surface area contributed by atoms with Crippen molar-refractivity contribution in [3.8, 4) is 0 Å². The lowest BCUT2D eigenvalue weighted by atomic mass is 10.0. The molecule has 0 amide bonds. The van der Waals surface area contributed by atoms with E-state index in [1.165, 1.54) is 12.1 Å². The van der Waals surface area contributed by atoms with Crippen LogP contribution in [0, 0.1) is 5.82 Å². The van der Waals surface area contributed by atoms with E-state index in [1.54, 1.807) is 24.3 Å².